The number of nitrogens with zero attached hydrogens (tertiary/aromatic N) is 5. The lowest BCUT2D eigenvalue weighted by Crippen LogP contribution is -2.40. The van der Waals surface area contributed by atoms with Crippen LogP contribution in [0.2, 0.25) is 0 Å². The molecule has 1 unspecified atom stereocenters. The van der Waals surface area contributed by atoms with Gasteiger partial charge in [-0.15, -0.1) is 0 Å². The van der Waals surface area contributed by atoms with Crippen LogP contribution in [0.3, 0.4) is 0 Å². The average molecular weight is 341 g/mol. The van der Waals surface area contributed by atoms with Gasteiger partial charge in [-0.2, -0.15) is 0 Å². The molecule has 1 fully saturated rings. The van der Waals surface area contributed by atoms with Crippen molar-refractivity contribution in [1.82, 2.24) is 24.3 Å². The van der Waals surface area contributed by atoms with Crippen LogP contribution in [0.5, 0.6) is 0 Å². The fraction of sp³-hybridized carbons (Fsp3) is 0.526. The van der Waals surface area contributed by atoms with Crippen molar-refractivity contribution in [2.75, 3.05) is 33.7 Å². The number of amides is 1. The molecule has 1 aliphatic rings. The molecule has 3 rings (SSSR count). The number of hydrogen-bond donors (Lipinski definition) is 0. The van der Waals surface area contributed by atoms with Gasteiger partial charge in [0.25, 0.3) is 0 Å². The fourth-order valence-electron chi connectivity index (χ4n) is 3.38. The molecule has 25 heavy (non-hydrogen) atoms. The van der Waals surface area contributed by atoms with Gasteiger partial charge in [-0.25, -0.2) is 4.98 Å². The molecule has 3 heterocycles. The maximum atomic E-state index is 12.6. The molecule has 134 valence electrons. The Morgan fingerprint density at radius 1 is 1.36 bits per heavy atom. The van der Waals surface area contributed by atoms with Crippen molar-refractivity contribution in [3.8, 4) is 0 Å². The number of rotatable bonds is 6. The van der Waals surface area contributed by atoms with Gasteiger partial charge in [0.2, 0.25) is 5.91 Å². The van der Waals surface area contributed by atoms with E-state index in [1.54, 1.807) is 12.4 Å². The third-order valence-corrected chi connectivity index (χ3v) is 4.75. The monoisotopic (exact) mass is 341 g/mol. The minimum absolute atomic E-state index is 0.184. The highest BCUT2D eigenvalue weighted by atomic mass is 16.2. The van der Waals surface area contributed by atoms with Crippen molar-refractivity contribution in [2.45, 2.75) is 31.7 Å². The third-order valence-electron chi connectivity index (χ3n) is 4.75. The second kappa shape index (κ2) is 8.25. The number of imidazole rings is 1. The van der Waals surface area contributed by atoms with Gasteiger partial charge in [0, 0.05) is 56.9 Å². The molecule has 1 saturated heterocycles. The van der Waals surface area contributed by atoms with E-state index >= 15 is 0 Å². The first-order valence-corrected chi connectivity index (χ1v) is 8.96. The molecule has 1 aliphatic heterocycles. The molecule has 0 spiro atoms. The summed E-state index contributed by atoms with van der Waals surface area (Å²) < 4.78 is 2.24. The number of carbonyl (C=O) groups excluding carboxylic acids is 1. The Labute approximate surface area is 149 Å². The van der Waals surface area contributed by atoms with E-state index in [1.807, 2.05) is 23.2 Å². The zero-order valence-electron chi connectivity index (χ0n) is 15.1. The van der Waals surface area contributed by atoms with Crippen molar-refractivity contribution in [3.63, 3.8) is 0 Å². The zero-order valence-corrected chi connectivity index (χ0v) is 15.1. The summed E-state index contributed by atoms with van der Waals surface area (Å²) in [6.07, 6.45) is 9.98. The lowest BCUT2D eigenvalue weighted by molar-refractivity contribution is -0.131. The van der Waals surface area contributed by atoms with Crippen LogP contribution in [0.15, 0.2) is 36.9 Å². The van der Waals surface area contributed by atoms with Crippen LogP contribution in [-0.2, 0) is 17.8 Å². The van der Waals surface area contributed by atoms with Crippen LogP contribution in [0.4, 0.5) is 0 Å². The zero-order chi connectivity index (χ0) is 17.6. The van der Waals surface area contributed by atoms with Crippen molar-refractivity contribution >= 4 is 5.91 Å². The topological polar surface area (TPSA) is 54.3 Å². The van der Waals surface area contributed by atoms with E-state index in [2.05, 4.69) is 39.7 Å². The minimum atomic E-state index is 0.184. The van der Waals surface area contributed by atoms with Crippen LogP contribution in [0.1, 0.15) is 30.1 Å². The quantitative estimate of drug-likeness (QED) is 0.804. The number of pyridine rings is 1. The Kier molecular flexibility index (Phi) is 5.81. The molecule has 1 atom stereocenters. The maximum absolute atomic E-state index is 12.6. The fourth-order valence-corrected chi connectivity index (χ4v) is 3.38. The van der Waals surface area contributed by atoms with Crippen LogP contribution >= 0.6 is 0 Å². The molecule has 6 heteroatoms. The highest BCUT2D eigenvalue weighted by molar-refractivity contribution is 5.78. The molecule has 0 aromatic carbocycles. The van der Waals surface area contributed by atoms with Gasteiger partial charge in [0.15, 0.2) is 0 Å². The number of carbonyl (C=O) groups is 1. The molecule has 2 aromatic rings. The summed E-state index contributed by atoms with van der Waals surface area (Å²) in [5, 5.41) is 0. The molecule has 0 radical (unpaired) electrons. The van der Waals surface area contributed by atoms with Gasteiger partial charge in [-0.05, 0) is 38.6 Å². The summed E-state index contributed by atoms with van der Waals surface area (Å²) in [5.74, 6) is 1.62. The van der Waals surface area contributed by atoms with Gasteiger partial charge < -0.3 is 14.4 Å². The van der Waals surface area contributed by atoms with Crippen LogP contribution < -0.4 is 0 Å². The first-order valence-electron chi connectivity index (χ1n) is 8.96. The van der Waals surface area contributed by atoms with E-state index in [4.69, 9.17) is 0 Å². The summed E-state index contributed by atoms with van der Waals surface area (Å²) in [6.45, 7) is 3.52. The van der Waals surface area contributed by atoms with E-state index in [0.29, 0.717) is 12.3 Å². The predicted octanol–water partition coefficient (Wildman–Crippen LogP) is 1.79. The molecule has 0 bridgehead atoms. The lowest BCUT2D eigenvalue weighted by Gasteiger charge is -2.33. The summed E-state index contributed by atoms with van der Waals surface area (Å²) in [5.41, 5.74) is 0.974. The SMILES string of the molecule is CN(C)CCn1ccnc1C1CCCN(C(=O)Cc2cccnc2)C1. The molecule has 1 amide bonds. The molecule has 0 saturated carbocycles. The van der Waals surface area contributed by atoms with Crippen LogP contribution in [-0.4, -0.2) is 64.0 Å². The largest absolute Gasteiger partial charge is 0.342 e. The number of aromatic nitrogens is 3. The highest BCUT2D eigenvalue weighted by Crippen LogP contribution is 2.26. The van der Waals surface area contributed by atoms with Crippen molar-refractivity contribution < 1.29 is 4.79 Å². The molecular weight excluding hydrogens is 314 g/mol. The molecule has 2 aromatic heterocycles. The van der Waals surface area contributed by atoms with Gasteiger partial charge >= 0.3 is 0 Å². The second-order valence-electron chi connectivity index (χ2n) is 7.00. The Morgan fingerprint density at radius 2 is 2.24 bits per heavy atom. The van der Waals surface area contributed by atoms with Gasteiger partial charge in [-0.3, -0.25) is 9.78 Å². The van der Waals surface area contributed by atoms with E-state index in [-0.39, 0.29) is 5.91 Å². The molecule has 0 N–H and O–H groups in total. The van der Waals surface area contributed by atoms with Crippen molar-refractivity contribution in [2.24, 2.45) is 0 Å². The first kappa shape index (κ1) is 17.6. The van der Waals surface area contributed by atoms with E-state index in [9.17, 15) is 4.79 Å². The smallest absolute Gasteiger partial charge is 0.227 e. The van der Waals surface area contributed by atoms with E-state index in [0.717, 1.165) is 50.4 Å². The molecular formula is C19H27N5O. The summed E-state index contributed by atoms with van der Waals surface area (Å²) >= 11 is 0. The second-order valence-corrected chi connectivity index (χ2v) is 7.00. The predicted molar refractivity (Wildman–Crippen MR) is 97.3 cm³/mol. The average Bonchev–Trinajstić information content (AvgIpc) is 3.09. The van der Waals surface area contributed by atoms with Gasteiger partial charge in [0.05, 0.1) is 6.42 Å². The van der Waals surface area contributed by atoms with Gasteiger partial charge in [-0.1, -0.05) is 6.07 Å². The minimum Gasteiger partial charge on any atom is -0.342 e. The Bertz CT molecular complexity index is 682. The number of likely N-dealkylation sites (tertiary alicyclic amines) is 1. The van der Waals surface area contributed by atoms with E-state index in [1.165, 1.54) is 0 Å². The summed E-state index contributed by atoms with van der Waals surface area (Å²) in [4.78, 5) is 25.5. The molecule has 0 aliphatic carbocycles. The van der Waals surface area contributed by atoms with Crippen LogP contribution in [0.25, 0.3) is 0 Å². The molecule has 6 nitrogen and oxygen atoms in total. The Hall–Kier alpha value is -2.21. The van der Waals surface area contributed by atoms with Crippen molar-refractivity contribution in [3.05, 3.63) is 48.3 Å². The van der Waals surface area contributed by atoms with Crippen molar-refractivity contribution in [1.29, 1.82) is 0 Å². The normalized spacial score (nSPS) is 17.9. The Morgan fingerprint density at radius 3 is 3.00 bits per heavy atom. The standard InChI is InChI=1S/C19H27N5O/c1-22(2)11-12-23-10-8-21-19(23)17-6-4-9-24(15-17)18(25)13-16-5-3-7-20-14-16/h3,5,7-8,10,14,17H,4,6,9,11-13,15H2,1-2H3. The number of likely N-dealkylation sites (N-methyl/N-ethyl adjacent to an activating group) is 1. The number of hydrogen-bond acceptors (Lipinski definition) is 4. The lowest BCUT2D eigenvalue weighted by atomic mass is 9.96. The summed E-state index contributed by atoms with van der Waals surface area (Å²) in [6, 6.07) is 3.84. The van der Waals surface area contributed by atoms with Gasteiger partial charge in [0.1, 0.15) is 5.82 Å². The maximum Gasteiger partial charge on any atom is 0.227 e. The first-order chi connectivity index (χ1) is 12.1. The van der Waals surface area contributed by atoms with E-state index < -0.39 is 0 Å². The van der Waals surface area contributed by atoms with Crippen LogP contribution in [0, 0.1) is 0 Å². The highest BCUT2D eigenvalue weighted by Gasteiger charge is 2.27. The number of piperidine rings is 1. The summed E-state index contributed by atoms with van der Waals surface area (Å²) in [7, 11) is 4.16. The third kappa shape index (κ3) is 4.66. The Balaban J connectivity index is 1.63.